The van der Waals surface area contributed by atoms with E-state index in [0.717, 1.165) is 11.3 Å². The van der Waals surface area contributed by atoms with Crippen LogP contribution in [0.4, 0.5) is 8.78 Å². The number of thiophene rings is 1. The van der Waals surface area contributed by atoms with Gasteiger partial charge in [-0.25, -0.2) is 9.82 Å². The second-order valence-corrected chi connectivity index (χ2v) is 4.74. The number of ether oxygens (including phenoxy) is 1. The van der Waals surface area contributed by atoms with Crippen molar-refractivity contribution < 1.29 is 18.3 Å². The molecule has 0 bridgehead atoms. The zero-order valence-electron chi connectivity index (χ0n) is 10.2. The molecule has 1 N–H and O–H groups in total. The quantitative estimate of drug-likeness (QED) is 0.681. The number of hydrazone groups is 1. The first-order valence-electron chi connectivity index (χ1n) is 5.59. The van der Waals surface area contributed by atoms with E-state index in [1.54, 1.807) is 6.07 Å². The van der Waals surface area contributed by atoms with Gasteiger partial charge >= 0.3 is 0 Å². The maximum Gasteiger partial charge on any atom is 0.277 e. The molecule has 0 aliphatic rings. The second kappa shape index (κ2) is 6.76. The van der Waals surface area contributed by atoms with Crippen molar-refractivity contribution in [3.8, 4) is 5.75 Å². The zero-order valence-corrected chi connectivity index (χ0v) is 11.0. The molecule has 0 aliphatic heterocycles. The smallest absolute Gasteiger partial charge is 0.277 e. The van der Waals surface area contributed by atoms with E-state index in [1.165, 1.54) is 36.5 Å². The molecule has 104 valence electrons. The van der Waals surface area contributed by atoms with Gasteiger partial charge in [-0.3, -0.25) is 4.79 Å². The van der Waals surface area contributed by atoms with Gasteiger partial charge in [-0.05, 0) is 36.4 Å². The zero-order chi connectivity index (χ0) is 14.4. The van der Waals surface area contributed by atoms with Crippen molar-refractivity contribution >= 4 is 23.5 Å². The summed E-state index contributed by atoms with van der Waals surface area (Å²) in [4.78, 5) is 12.0. The van der Waals surface area contributed by atoms with E-state index in [2.05, 4.69) is 10.5 Å². The van der Waals surface area contributed by atoms with Crippen molar-refractivity contribution in [1.82, 2.24) is 5.43 Å². The first-order valence-corrected chi connectivity index (χ1v) is 6.41. The lowest BCUT2D eigenvalue weighted by Crippen LogP contribution is -2.24. The number of rotatable bonds is 5. The molecule has 1 aromatic heterocycles. The van der Waals surface area contributed by atoms with E-state index < -0.39 is 5.91 Å². The lowest BCUT2D eigenvalue weighted by Gasteiger charge is -2.04. The van der Waals surface area contributed by atoms with Gasteiger partial charge < -0.3 is 4.74 Å². The summed E-state index contributed by atoms with van der Waals surface area (Å²) in [6.07, 6.45) is 1.34. The molecule has 0 fully saturated rings. The van der Waals surface area contributed by atoms with Crippen LogP contribution in [0.25, 0.3) is 0 Å². The van der Waals surface area contributed by atoms with Crippen molar-refractivity contribution in [2.24, 2.45) is 5.10 Å². The Hall–Kier alpha value is -2.28. The Kier molecular flexibility index (Phi) is 4.78. The van der Waals surface area contributed by atoms with Gasteiger partial charge in [0.25, 0.3) is 5.91 Å². The third-order valence-corrected chi connectivity index (χ3v) is 2.97. The van der Waals surface area contributed by atoms with Crippen molar-refractivity contribution in [1.29, 1.82) is 0 Å². The molecule has 1 amide bonds. The van der Waals surface area contributed by atoms with Gasteiger partial charge in [0.05, 0.1) is 11.1 Å². The summed E-state index contributed by atoms with van der Waals surface area (Å²) in [6.45, 7) is -0.248. The van der Waals surface area contributed by atoms with Gasteiger partial charge in [0.15, 0.2) is 11.7 Å². The predicted molar refractivity (Wildman–Crippen MR) is 71.9 cm³/mol. The molecule has 1 heterocycles. The van der Waals surface area contributed by atoms with Gasteiger partial charge in [0, 0.05) is 0 Å². The Bertz CT molecular complexity index is 611. The van der Waals surface area contributed by atoms with Crippen molar-refractivity contribution in [3.63, 3.8) is 0 Å². The average molecular weight is 296 g/mol. The Morgan fingerprint density at radius 1 is 1.25 bits per heavy atom. The van der Waals surface area contributed by atoms with Crippen molar-refractivity contribution in [2.45, 2.75) is 0 Å². The van der Waals surface area contributed by atoms with Crippen LogP contribution in [0.5, 0.6) is 5.75 Å². The van der Waals surface area contributed by atoms with Gasteiger partial charge in [0.1, 0.15) is 11.6 Å². The average Bonchev–Trinajstić information content (AvgIpc) is 2.84. The molecular weight excluding hydrogens is 286 g/mol. The molecule has 0 radical (unpaired) electrons. The molecule has 2 rings (SSSR count). The van der Waals surface area contributed by atoms with Crippen LogP contribution in [0.15, 0.2) is 41.5 Å². The van der Waals surface area contributed by atoms with E-state index in [4.69, 9.17) is 4.74 Å². The third kappa shape index (κ3) is 4.43. The van der Waals surface area contributed by atoms with Crippen LogP contribution >= 0.6 is 11.3 Å². The Morgan fingerprint density at radius 2 is 2.00 bits per heavy atom. The highest BCUT2D eigenvalue weighted by Gasteiger charge is 2.01. The number of halogens is 2. The number of carbonyl (C=O) groups is 1. The van der Waals surface area contributed by atoms with E-state index in [9.17, 15) is 13.6 Å². The lowest BCUT2D eigenvalue weighted by molar-refractivity contribution is -0.123. The molecule has 0 atom stereocenters. The summed E-state index contributed by atoms with van der Waals surface area (Å²) in [5.41, 5.74) is 2.24. The fourth-order valence-corrected chi connectivity index (χ4v) is 1.88. The second-order valence-electron chi connectivity index (χ2n) is 3.68. The summed E-state index contributed by atoms with van der Waals surface area (Å²) in [5.74, 6) is -0.469. The van der Waals surface area contributed by atoms with Gasteiger partial charge in [-0.15, -0.1) is 11.3 Å². The minimum absolute atomic E-state index is 0.248. The molecule has 20 heavy (non-hydrogen) atoms. The largest absolute Gasteiger partial charge is 0.484 e. The highest BCUT2D eigenvalue weighted by atomic mass is 32.1. The van der Waals surface area contributed by atoms with Crippen molar-refractivity contribution in [3.05, 3.63) is 52.2 Å². The molecule has 2 aromatic rings. The molecule has 0 aliphatic carbocycles. The minimum Gasteiger partial charge on any atom is -0.484 e. The number of nitrogens with one attached hydrogen (secondary N) is 1. The normalized spacial score (nSPS) is 10.7. The molecule has 1 aromatic carbocycles. The lowest BCUT2D eigenvalue weighted by atomic mass is 10.3. The number of nitrogens with zero attached hydrogens (tertiary/aromatic N) is 1. The molecule has 0 saturated heterocycles. The topological polar surface area (TPSA) is 50.7 Å². The molecule has 0 saturated carbocycles. The molecular formula is C13H10F2N2O2S. The summed E-state index contributed by atoms with van der Waals surface area (Å²) >= 11 is 0.917. The predicted octanol–water partition coefficient (Wildman–Crippen LogP) is 2.56. The highest BCUT2D eigenvalue weighted by molar-refractivity contribution is 7.12. The maximum atomic E-state index is 12.7. The summed E-state index contributed by atoms with van der Waals surface area (Å²) in [6, 6.07) is 8.16. The Balaban J connectivity index is 1.75. The first-order chi connectivity index (χ1) is 9.63. The molecule has 0 unspecified atom stereocenters. The van der Waals surface area contributed by atoms with Crippen LogP contribution in [0.2, 0.25) is 0 Å². The van der Waals surface area contributed by atoms with Gasteiger partial charge in [-0.1, -0.05) is 0 Å². The summed E-state index contributed by atoms with van der Waals surface area (Å²) in [7, 11) is 0. The SMILES string of the molecule is O=C(COc1ccc(F)cc1)N/N=C/c1ccc(F)s1. The first kappa shape index (κ1) is 14.1. The van der Waals surface area contributed by atoms with E-state index in [1.807, 2.05) is 0 Å². The fraction of sp³-hybridized carbons (Fsp3) is 0.0769. The van der Waals surface area contributed by atoms with Crippen LogP contribution in [0, 0.1) is 10.9 Å². The Labute approximate surface area is 117 Å². The van der Waals surface area contributed by atoms with Crippen LogP contribution < -0.4 is 10.2 Å². The number of amides is 1. The van der Waals surface area contributed by atoms with E-state index in [-0.39, 0.29) is 17.6 Å². The number of hydrogen-bond acceptors (Lipinski definition) is 4. The van der Waals surface area contributed by atoms with Crippen LogP contribution in [0.1, 0.15) is 4.88 Å². The third-order valence-electron chi connectivity index (χ3n) is 2.16. The van der Waals surface area contributed by atoms with Crippen LogP contribution in [0.3, 0.4) is 0 Å². The fourth-order valence-electron chi connectivity index (χ4n) is 1.28. The van der Waals surface area contributed by atoms with Gasteiger partial charge in [0.2, 0.25) is 0 Å². The standard InChI is InChI=1S/C13H10F2N2O2S/c14-9-1-3-10(4-2-9)19-8-13(18)17-16-7-11-5-6-12(15)20-11/h1-7H,8H2,(H,17,18)/b16-7+. The minimum atomic E-state index is -0.470. The molecule has 7 heteroatoms. The van der Waals surface area contributed by atoms with E-state index in [0.29, 0.717) is 10.6 Å². The van der Waals surface area contributed by atoms with Crippen LogP contribution in [-0.4, -0.2) is 18.7 Å². The molecule has 4 nitrogen and oxygen atoms in total. The van der Waals surface area contributed by atoms with Crippen LogP contribution in [-0.2, 0) is 4.79 Å². The van der Waals surface area contributed by atoms with Crippen molar-refractivity contribution in [2.75, 3.05) is 6.61 Å². The number of benzene rings is 1. The number of hydrogen-bond donors (Lipinski definition) is 1. The highest BCUT2D eigenvalue weighted by Crippen LogP contribution is 2.12. The monoisotopic (exact) mass is 296 g/mol. The summed E-state index contributed by atoms with van der Waals surface area (Å²) < 4.78 is 30.4. The maximum absolute atomic E-state index is 12.7. The van der Waals surface area contributed by atoms with Gasteiger partial charge in [-0.2, -0.15) is 9.49 Å². The summed E-state index contributed by atoms with van der Waals surface area (Å²) in [5, 5.41) is 3.34. The van der Waals surface area contributed by atoms with E-state index >= 15 is 0 Å². The Morgan fingerprint density at radius 3 is 2.65 bits per heavy atom. The molecule has 0 spiro atoms. The number of carbonyl (C=O) groups excluding carboxylic acids is 1.